The summed E-state index contributed by atoms with van der Waals surface area (Å²) in [5.74, 6) is 0.497. The Labute approximate surface area is 234 Å². The Morgan fingerprint density at radius 3 is 2.55 bits per heavy atom. The van der Waals surface area contributed by atoms with E-state index in [1.54, 1.807) is 42.0 Å². The second-order valence-electron chi connectivity index (χ2n) is 10.2. The van der Waals surface area contributed by atoms with Crippen LogP contribution in [0.25, 0.3) is 11.0 Å². The molecule has 5 rings (SSSR count). The quantitative estimate of drug-likeness (QED) is 0.324. The molecule has 0 bridgehead atoms. The summed E-state index contributed by atoms with van der Waals surface area (Å²) in [6.45, 7) is 3.86. The molecular weight excluding hydrogens is 506 g/mol. The average Bonchev–Trinajstić information content (AvgIpc) is 3.63. The Morgan fingerprint density at radius 2 is 1.80 bits per heavy atom. The third-order valence-corrected chi connectivity index (χ3v) is 7.75. The molecule has 0 unspecified atom stereocenters. The molecule has 9 heteroatoms. The Morgan fingerprint density at radius 1 is 1.02 bits per heavy atom. The topological polar surface area (TPSA) is 98.6 Å². The van der Waals surface area contributed by atoms with E-state index in [0.717, 1.165) is 42.3 Å². The number of amides is 2. The Hall–Kier alpha value is -4.40. The maximum atomic E-state index is 14.4. The van der Waals surface area contributed by atoms with Crippen molar-refractivity contribution >= 4 is 28.5 Å². The molecule has 40 heavy (non-hydrogen) atoms. The van der Waals surface area contributed by atoms with Crippen molar-refractivity contribution in [2.75, 3.05) is 19.1 Å². The van der Waals surface area contributed by atoms with Crippen LogP contribution in [0, 0.1) is 13.8 Å². The van der Waals surface area contributed by atoms with Crippen LogP contribution in [0.4, 0.5) is 5.69 Å². The van der Waals surface area contributed by atoms with E-state index in [-0.39, 0.29) is 24.4 Å². The molecule has 1 atom stereocenters. The summed E-state index contributed by atoms with van der Waals surface area (Å²) >= 11 is 0. The van der Waals surface area contributed by atoms with Crippen LogP contribution in [0.3, 0.4) is 0 Å². The minimum atomic E-state index is -0.996. The number of nitrogens with zero attached hydrogens (tertiary/aromatic N) is 4. The maximum Gasteiger partial charge on any atom is 0.249 e. The number of aryl methyl sites for hydroxylation is 1. The number of carbonyl (C=O) groups excluding carboxylic acids is 2. The number of para-hydroxylation sites is 1. The van der Waals surface area contributed by atoms with Crippen LogP contribution in [-0.4, -0.2) is 47.1 Å². The van der Waals surface area contributed by atoms with Gasteiger partial charge in [-0.25, -0.2) is 4.68 Å². The number of benzene rings is 3. The number of fused-ring (bicyclic) bond motifs is 1. The highest BCUT2D eigenvalue weighted by Gasteiger charge is 2.37. The zero-order chi connectivity index (χ0) is 28.2. The molecule has 1 aliphatic rings. The molecule has 4 aromatic rings. The number of methoxy groups -OCH3 is 2. The van der Waals surface area contributed by atoms with E-state index in [2.05, 4.69) is 15.6 Å². The Balaban J connectivity index is 1.65. The molecular formula is C31H35N5O4. The molecule has 208 valence electrons. The molecule has 9 nitrogen and oxygen atoms in total. The molecule has 1 aliphatic carbocycles. The summed E-state index contributed by atoms with van der Waals surface area (Å²) in [6, 6.07) is 17.7. The van der Waals surface area contributed by atoms with Crippen molar-refractivity contribution in [3.05, 3.63) is 77.4 Å². The number of carbonyl (C=O) groups is 2. The van der Waals surface area contributed by atoms with Gasteiger partial charge in [-0.15, -0.1) is 5.10 Å². The summed E-state index contributed by atoms with van der Waals surface area (Å²) in [5.41, 5.74) is 4.57. The fourth-order valence-electron chi connectivity index (χ4n) is 5.44. The molecule has 2 amide bonds. The highest BCUT2D eigenvalue weighted by Crippen LogP contribution is 2.38. The first-order valence-electron chi connectivity index (χ1n) is 13.6. The van der Waals surface area contributed by atoms with Crippen LogP contribution in [-0.2, 0) is 16.1 Å². The van der Waals surface area contributed by atoms with Crippen LogP contribution in [0.5, 0.6) is 11.5 Å². The molecule has 0 radical (unpaired) electrons. The second kappa shape index (κ2) is 11.8. The second-order valence-corrected chi connectivity index (χ2v) is 10.2. The third-order valence-electron chi connectivity index (χ3n) is 7.75. The SMILES string of the molecule is COc1ccc([C@H](C(=O)NC2CCCC2)N(C(=O)Cn2nnc3ccccc32)c2cccc(C)c2C)c(OC)c1. The summed E-state index contributed by atoms with van der Waals surface area (Å²) in [6.07, 6.45) is 3.97. The minimum Gasteiger partial charge on any atom is -0.497 e. The Bertz CT molecular complexity index is 1530. The lowest BCUT2D eigenvalue weighted by Gasteiger charge is -2.34. The van der Waals surface area contributed by atoms with Crippen LogP contribution in [0.15, 0.2) is 60.7 Å². The number of anilines is 1. The van der Waals surface area contributed by atoms with Gasteiger partial charge in [-0.1, -0.05) is 42.3 Å². The van der Waals surface area contributed by atoms with Crippen molar-refractivity contribution in [2.24, 2.45) is 0 Å². The zero-order valence-electron chi connectivity index (χ0n) is 23.4. The van der Waals surface area contributed by atoms with Crippen molar-refractivity contribution in [1.29, 1.82) is 0 Å². The standard InChI is InChI=1S/C31H35N5O4/c1-20-10-9-15-26(21(20)2)36(29(37)19-35-27-14-8-7-13-25(27)33-34-35)30(31(38)32-22-11-5-6-12-22)24-17-16-23(39-3)18-28(24)40-4/h7-10,13-18,22,30H,5-6,11-12,19H2,1-4H3,(H,32,38)/t30-/m1/s1. The lowest BCUT2D eigenvalue weighted by molar-refractivity contribution is -0.127. The lowest BCUT2D eigenvalue weighted by atomic mass is 9.98. The number of nitrogens with one attached hydrogen (secondary N) is 1. The molecule has 3 aromatic carbocycles. The fraction of sp³-hybridized carbons (Fsp3) is 0.355. The molecule has 0 saturated heterocycles. The van der Waals surface area contributed by atoms with E-state index < -0.39 is 6.04 Å². The van der Waals surface area contributed by atoms with Crippen LogP contribution in [0.2, 0.25) is 0 Å². The van der Waals surface area contributed by atoms with Crippen molar-refractivity contribution in [3.8, 4) is 11.5 Å². The predicted molar refractivity (Wildman–Crippen MR) is 154 cm³/mol. The molecule has 0 spiro atoms. The van der Waals surface area contributed by atoms with Crippen molar-refractivity contribution < 1.29 is 19.1 Å². The summed E-state index contributed by atoms with van der Waals surface area (Å²) in [7, 11) is 3.13. The van der Waals surface area contributed by atoms with Gasteiger partial charge in [0.15, 0.2) is 0 Å². The molecule has 1 fully saturated rings. The molecule has 1 heterocycles. The Kier molecular flexibility index (Phi) is 8.00. The van der Waals surface area contributed by atoms with Gasteiger partial charge in [0.25, 0.3) is 0 Å². The largest absolute Gasteiger partial charge is 0.497 e. The van der Waals surface area contributed by atoms with Gasteiger partial charge in [-0.05, 0) is 68.1 Å². The number of aromatic nitrogens is 3. The monoisotopic (exact) mass is 541 g/mol. The predicted octanol–water partition coefficient (Wildman–Crippen LogP) is 4.90. The van der Waals surface area contributed by atoms with E-state index in [9.17, 15) is 9.59 Å². The van der Waals surface area contributed by atoms with E-state index in [1.807, 2.05) is 56.3 Å². The summed E-state index contributed by atoms with van der Waals surface area (Å²) in [4.78, 5) is 30.2. The minimum absolute atomic E-state index is 0.0639. The van der Waals surface area contributed by atoms with Gasteiger partial charge >= 0.3 is 0 Å². The van der Waals surface area contributed by atoms with Crippen LogP contribution in [0.1, 0.15) is 48.4 Å². The molecule has 1 N–H and O–H groups in total. The highest BCUT2D eigenvalue weighted by atomic mass is 16.5. The first-order valence-corrected chi connectivity index (χ1v) is 13.6. The summed E-state index contributed by atoms with van der Waals surface area (Å²) < 4.78 is 12.7. The van der Waals surface area contributed by atoms with Crippen molar-refractivity contribution in [3.63, 3.8) is 0 Å². The fourth-order valence-corrected chi connectivity index (χ4v) is 5.44. The van der Waals surface area contributed by atoms with E-state index >= 15 is 0 Å². The lowest BCUT2D eigenvalue weighted by Crippen LogP contribution is -2.47. The van der Waals surface area contributed by atoms with Gasteiger partial charge in [0, 0.05) is 23.4 Å². The summed E-state index contributed by atoms with van der Waals surface area (Å²) in [5, 5.41) is 11.7. The van der Waals surface area contributed by atoms with Gasteiger partial charge < -0.3 is 14.8 Å². The third kappa shape index (κ3) is 5.36. The molecule has 1 saturated carbocycles. The maximum absolute atomic E-state index is 14.4. The highest BCUT2D eigenvalue weighted by molar-refractivity contribution is 6.02. The van der Waals surface area contributed by atoms with Gasteiger partial charge in [-0.2, -0.15) is 0 Å². The first kappa shape index (κ1) is 27.2. The van der Waals surface area contributed by atoms with Crippen LogP contribution >= 0.6 is 0 Å². The molecule has 0 aliphatic heterocycles. The van der Waals surface area contributed by atoms with Crippen LogP contribution < -0.4 is 19.7 Å². The normalized spacial score (nSPS) is 14.2. The smallest absolute Gasteiger partial charge is 0.249 e. The number of ether oxygens (including phenoxy) is 2. The molecule has 1 aromatic heterocycles. The number of hydrogen-bond donors (Lipinski definition) is 1. The number of rotatable bonds is 9. The van der Waals surface area contributed by atoms with Gasteiger partial charge in [0.2, 0.25) is 11.8 Å². The van der Waals surface area contributed by atoms with E-state index in [1.165, 1.54) is 0 Å². The van der Waals surface area contributed by atoms with Gasteiger partial charge in [-0.3, -0.25) is 14.5 Å². The first-order chi connectivity index (χ1) is 19.4. The van der Waals surface area contributed by atoms with Gasteiger partial charge in [0.1, 0.15) is 29.6 Å². The van der Waals surface area contributed by atoms with Crippen molar-refractivity contribution in [1.82, 2.24) is 20.3 Å². The van der Waals surface area contributed by atoms with E-state index in [0.29, 0.717) is 28.3 Å². The van der Waals surface area contributed by atoms with Crippen molar-refractivity contribution in [2.45, 2.75) is 58.2 Å². The van der Waals surface area contributed by atoms with E-state index in [4.69, 9.17) is 9.47 Å². The van der Waals surface area contributed by atoms with Gasteiger partial charge in [0.05, 0.1) is 19.7 Å². The number of hydrogen-bond acceptors (Lipinski definition) is 6. The average molecular weight is 542 g/mol. The zero-order valence-corrected chi connectivity index (χ0v) is 23.4.